The third-order valence-electron chi connectivity index (χ3n) is 4.65. The average Bonchev–Trinajstić information content (AvgIpc) is 2.66. The normalized spacial score (nSPS) is 14.3. The van der Waals surface area contributed by atoms with Crippen LogP contribution in [0.25, 0.3) is 10.8 Å². The molecule has 0 saturated carbocycles. The predicted octanol–water partition coefficient (Wildman–Crippen LogP) is 1.62. The van der Waals surface area contributed by atoms with Gasteiger partial charge >= 0.3 is 5.97 Å². The first-order valence-electron chi connectivity index (χ1n) is 8.70. The van der Waals surface area contributed by atoms with Crippen molar-refractivity contribution in [2.45, 2.75) is 13.3 Å². The molecule has 0 aliphatic carbocycles. The van der Waals surface area contributed by atoms with Crippen molar-refractivity contribution >= 4 is 28.6 Å². The molecule has 6 nitrogen and oxygen atoms in total. The lowest BCUT2D eigenvalue weighted by atomic mass is 10.0. The second-order valence-electron chi connectivity index (χ2n) is 6.36. The summed E-state index contributed by atoms with van der Waals surface area (Å²) in [7, 11) is 0. The Morgan fingerprint density at radius 1 is 0.923 bits per heavy atom. The van der Waals surface area contributed by atoms with Crippen molar-refractivity contribution in [2.24, 2.45) is 0 Å². The molecule has 0 spiro atoms. The van der Waals surface area contributed by atoms with Gasteiger partial charge in [0.1, 0.15) is 0 Å². The largest absolute Gasteiger partial charge is 0.455 e. The second-order valence-corrected chi connectivity index (χ2v) is 6.36. The first-order chi connectivity index (χ1) is 12.5. The molecular formula is C20H22N2O4. The van der Waals surface area contributed by atoms with E-state index < -0.39 is 5.97 Å². The minimum absolute atomic E-state index is 0.0126. The molecule has 0 unspecified atom stereocenters. The fourth-order valence-corrected chi connectivity index (χ4v) is 3.16. The molecule has 0 bridgehead atoms. The molecule has 136 valence electrons. The summed E-state index contributed by atoms with van der Waals surface area (Å²) in [6.07, 6.45) is 0.132. The maximum Gasteiger partial charge on any atom is 0.310 e. The van der Waals surface area contributed by atoms with Crippen LogP contribution in [-0.4, -0.2) is 60.4 Å². The van der Waals surface area contributed by atoms with Crippen LogP contribution in [0.4, 0.5) is 0 Å². The van der Waals surface area contributed by atoms with E-state index >= 15 is 0 Å². The SMILES string of the molecule is CC(=O)N1CCN(C(=O)COC(=O)Cc2cccc3ccccc23)CC1. The highest BCUT2D eigenvalue weighted by atomic mass is 16.5. The zero-order chi connectivity index (χ0) is 18.5. The molecule has 6 heteroatoms. The minimum Gasteiger partial charge on any atom is -0.455 e. The maximum atomic E-state index is 12.2. The van der Waals surface area contributed by atoms with Gasteiger partial charge in [-0.15, -0.1) is 0 Å². The van der Waals surface area contributed by atoms with Crippen LogP contribution in [0, 0.1) is 0 Å². The topological polar surface area (TPSA) is 66.9 Å². The Balaban J connectivity index is 1.51. The van der Waals surface area contributed by atoms with E-state index in [2.05, 4.69) is 0 Å². The molecule has 2 amide bonds. The summed E-state index contributed by atoms with van der Waals surface area (Å²) in [6.45, 7) is 3.24. The number of esters is 1. The minimum atomic E-state index is -0.419. The average molecular weight is 354 g/mol. The third kappa shape index (κ3) is 4.20. The van der Waals surface area contributed by atoms with Gasteiger partial charge in [0.2, 0.25) is 5.91 Å². The Morgan fingerprint density at radius 3 is 2.31 bits per heavy atom. The Labute approximate surface area is 152 Å². The number of amides is 2. The van der Waals surface area contributed by atoms with E-state index in [-0.39, 0.29) is 24.8 Å². The Bertz CT molecular complexity index is 820. The van der Waals surface area contributed by atoms with E-state index in [0.29, 0.717) is 26.2 Å². The highest BCUT2D eigenvalue weighted by Crippen LogP contribution is 2.19. The number of nitrogens with zero attached hydrogens (tertiary/aromatic N) is 2. The van der Waals surface area contributed by atoms with Crippen molar-refractivity contribution in [1.82, 2.24) is 9.80 Å². The summed E-state index contributed by atoms with van der Waals surface area (Å²) < 4.78 is 5.17. The van der Waals surface area contributed by atoms with Gasteiger partial charge in [-0.1, -0.05) is 42.5 Å². The van der Waals surface area contributed by atoms with Crippen LogP contribution in [-0.2, 0) is 25.5 Å². The maximum absolute atomic E-state index is 12.2. The lowest BCUT2D eigenvalue weighted by Crippen LogP contribution is -2.51. The van der Waals surface area contributed by atoms with Gasteiger partial charge in [-0.3, -0.25) is 14.4 Å². The van der Waals surface area contributed by atoms with Crippen molar-refractivity contribution in [2.75, 3.05) is 32.8 Å². The number of fused-ring (bicyclic) bond motifs is 1. The number of piperazine rings is 1. The number of carbonyl (C=O) groups is 3. The van der Waals surface area contributed by atoms with Crippen molar-refractivity contribution < 1.29 is 19.1 Å². The number of ether oxygens (including phenoxy) is 1. The first kappa shape index (κ1) is 17.9. The lowest BCUT2D eigenvalue weighted by molar-refractivity contribution is -0.152. The van der Waals surface area contributed by atoms with Crippen LogP contribution in [0.5, 0.6) is 0 Å². The van der Waals surface area contributed by atoms with Crippen molar-refractivity contribution in [3.8, 4) is 0 Å². The standard InChI is InChI=1S/C20H22N2O4/c1-15(23)21-9-11-22(12-10-21)19(24)14-26-20(25)13-17-7-4-6-16-5-2-3-8-18(16)17/h2-8H,9-14H2,1H3. The molecule has 1 heterocycles. The molecule has 0 aromatic heterocycles. The number of hydrogen-bond donors (Lipinski definition) is 0. The molecule has 1 aliphatic heterocycles. The van der Waals surface area contributed by atoms with Crippen molar-refractivity contribution in [3.05, 3.63) is 48.0 Å². The van der Waals surface area contributed by atoms with Gasteiger partial charge in [0.05, 0.1) is 6.42 Å². The molecule has 0 N–H and O–H groups in total. The van der Waals surface area contributed by atoms with E-state index in [9.17, 15) is 14.4 Å². The Kier molecular flexibility index (Phi) is 5.51. The van der Waals surface area contributed by atoms with Crippen molar-refractivity contribution in [1.29, 1.82) is 0 Å². The predicted molar refractivity (Wildman–Crippen MR) is 97.4 cm³/mol. The van der Waals surface area contributed by atoms with E-state index in [0.717, 1.165) is 16.3 Å². The molecule has 2 aromatic carbocycles. The summed E-state index contributed by atoms with van der Waals surface area (Å²) >= 11 is 0. The molecule has 3 rings (SSSR count). The highest BCUT2D eigenvalue weighted by molar-refractivity contribution is 5.89. The van der Waals surface area contributed by atoms with Gasteiger partial charge in [0.25, 0.3) is 5.91 Å². The Hall–Kier alpha value is -2.89. The number of benzene rings is 2. The smallest absolute Gasteiger partial charge is 0.310 e. The monoisotopic (exact) mass is 354 g/mol. The molecule has 1 fully saturated rings. The van der Waals surface area contributed by atoms with Gasteiger partial charge in [-0.05, 0) is 16.3 Å². The third-order valence-corrected chi connectivity index (χ3v) is 4.65. The summed E-state index contributed by atoms with van der Waals surface area (Å²) in [4.78, 5) is 39.0. The van der Waals surface area contributed by atoms with Gasteiger partial charge in [0, 0.05) is 33.1 Å². The fourth-order valence-electron chi connectivity index (χ4n) is 3.16. The van der Waals surface area contributed by atoms with Gasteiger partial charge in [0.15, 0.2) is 6.61 Å². The van der Waals surface area contributed by atoms with E-state index in [1.165, 1.54) is 6.92 Å². The molecular weight excluding hydrogens is 332 g/mol. The molecule has 0 radical (unpaired) electrons. The van der Waals surface area contributed by atoms with Gasteiger partial charge < -0.3 is 14.5 Å². The number of hydrogen-bond acceptors (Lipinski definition) is 4. The van der Waals surface area contributed by atoms with E-state index in [1.807, 2.05) is 42.5 Å². The number of carbonyl (C=O) groups excluding carboxylic acids is 3. The molecule has 26 heavy (non-hydrogen) atoms. The van der Waals surface area contributed by atoms with Crippen molar-refractivity contribution in [3.63, 3.8) is 0 Å². The van der Waals surface area contributed by atoms with Crippen LogP contribution in [0.3, 0.4) is 0 Å². The summed E-state index contributed by atoms with van der Waals surface area (Å²) in [5, 5.41) is 2.08. The van der Waals surface area contributed by atoms with Gasteiger partial charge in [-0.25, -0.2) is 0 Å². The van der Waals surface area contributed by atoms with Crippen LogP contribution < -0.4 is 0 Å². The Morgan fingerprint density at radius 2 is 1.58 bits per heavy atom. The lowest BCUT2D eigenvalue weighted by Gasteiger charge is -2.34. The van der Waals surface area contributed by atoms with E-state index in [4.69, 9.17) is 4.74 Å². The van der Waals surface area contributed by atoms with Gasteiger partial charge in [-0.2, -0.15) is 0 Å². The number of rotatable bonds is 4. The van der Waals surface area contributed by atoms with E-state index in [1.54, 1.807) is 9.80 Å². The van der Waals surface area contributed by atoms with Crippen LogP contribution in [0.1, 0.15) is 12.5 Å². The summed E-state index contributed by atoms with van der Waals surface area (Å²) in [5.41, 5.74) is 0.885. The fraction of sp³-hybridized carbons (Fsp3) is 0.350. The quantitative estimate of drug-likeness (QED) is 0.783. The zero-order valence-electron chi connectivity index (χ0n) is 14.8. The summed E-state index contributed by atoms with van der Waals surface area (Å²) in [6, 6.07) is 13.6. The molecule has 1 saturated heterocycles. The van der Waals surface area contributed by atoms with Crippen LogP contribution >= 0.6 is 0 Å². The van der Waals surface area contributed by atoms with Crippen LogP contribution in [0.2, 0.25) is 0 Å². The molecule has 0 atom stereocenters. The highest BCUT2D eigenvalue weighted by Gasteiger charge is 2.23. The zero-order valence-corrected chi connectivity index (χ0v) is 14.8. The first-order valence-corrected chi connectivity index (χ1v) is 8.70. The second kappa shape index (κ2) is 7.99. The molecule has 1 aliphatic rings. The van der Waals surface area contributed by atoms with Crippen LogP contribution in [0.15, 0.2) is 42.5 Å². The summed E-state index contributed by atoms with van der Waals surface area (Å²) in [5.74, 6) is -0.629. The molecule has 2 aromatic rings.